The third kappa shape index (κ3) is 5.31. The lowest BCUT2D eigenvalue weighted by Crippen LogP contribution is -2.54. The number of imide groups is 1. The van der Waals surface area contributed by atoms with E-state index in [2.05, 4.69) is 39.9 Å². The van der Waals surface area contributed by atoms with Crippen LogP contribution < -0.4 is 10.1 Å². The molecule has 4 nitrogen and oxygen atoms in total. The highest BCUT2D eigenvalue weighted by molar-refractivity contribution is 6.33. The highest BCUT2D eigenvalue weighted by Gasteiger charge is 2.60. The second-order valence-corrected chi connectivity index (χ2v) is 15.6. The topological polar surface area (TPSA) is 55.4 Å². The number of hydrogen-bond donors (Lipinski definition) is 1. The first-order valence-electron chi connectivity index (χ1n) is 16.9. The van der Waals surface area contributed by atoms with Gasteiger partial charge in [-0.1, -0.05) is 66.0 Å². The fourth-order valence-corrected chi connectivity index (χ4v) is 10.9. The minimum atomic E-state index is -0.340. The van der Waals surface area contributed by atoms with Crippen LogP contribution in [0.4, 0.5) is 0 Å². The van der Waals surface area contributed by atoms with Crippen LogP contribution in [0.1, 0.15) is 117 Å². The molecular formula is C37H53NO3. The molecule has 4 fully saturated rings. The van der Waals surface area contributed by atoms with Crippen LogP contribution in [0, 0.1) is 52.3 Å². The standard InChI is InChI=1S/C37H53NO3/c1-23(2)7-6-8-24(3)31-15-16-32-29-14-11-26-21-28(17-19-36(26,4)33(29)18-20-37(31,32)5)41-27-12-9-25(10-13-27)30-22-34(39)38-35(30)40/h9-10,12-13,22-24,26,28-29,31-33H,6-8,11,14-21H2,1-5H3,(H,38,39,40)/t24-,26?,28?,29?,31-,32?,33?,36+,37-/m1/s1. The number of nitrogens with one attached hydrogen (secondary N) is 1. The van der Waals surface area contributed by atoms with E-state index >= 15 is 0 Å². The molecule has 5 unspecified atom stereocenters. The summed E-state index contributed by atoms with van der Waals surface area (Å²) in [5.74, 6) is 6.38. The van der Waals surface area contributed by atoms with Gasteiger partial charge in [-0.3, -0.25) is 14.9 Å². The molecule has 224 valence electrons. The highest BCUT2D eigenvalue weighted by atomic mass is 16.5. The van der Waals surface area contributed by atoms with Gasteiger partial charge in [0.15, 0.2) is 0 Å². The molecule has 2 amide bonds. The average molecular weight is 560 g/mol. The first kappa shape index (κ1) is 29.0. The number of benzene rings is 1. The van der Waals surface area contributed by atoms with Crippen molar-refractivity contribution in [2.24, 2.45) is 52.3 Å². The number of amides is 2. The summed E-state index contributed by atoms with van der Waals surface area (Å²) in [7, 11) is 0. The van der Waals surface area contributed by atoms with Gasteiger partial charge >= 0.3 is 0 Å². The molecule has 4 aliphatic carbocycles. The molecule has 1 heterocycles. The summed E-state index contributed by atoms with van der Waals surface area (Å²) >= 11 is 0. The van der Waals surface area contributed by atoms with Gasteiger partial charge in [-0.2, -0.15) is 0 Å². The molecule has 9 atom stereocenters. The Kier molecular flexibility index (Phi) is 7.92. The summed E-state index contributed by atoms with van der Waals surface area (Å²) in [6.45, 7) is 12.7. The Morgan fingerprint density at radius 2 is 1.61 bits per heavy atom. The third-order valence-corrected chi connectivity index (χ3v) is 13.0. The van der Waals surface area contributed by atoms with Gasteiger partial charge in [-0.05, 0) is 128 Å². The lowest BCUT2D eigenvalue weighted by molar-refractivity contribution is -0.126. The first-order valence-corrected chi connectivity index (χ1v) is 16.9. The number of fused-ring (bicyclic) bond motifs is 5. The van der Waals surface area contributed by atoms with E-state index in [0.717, 1.165) is 59.2 Å². The van der Waals surface area contributed by atoms with Crippen molar-refractivity contribution in [2.45, 2.75) is 118 Å². The lowest BCUT2D eigenvalue weighted by atomic mass is 9.44. The number of carbonyl (C=O) groups excluding carboxylic acids is 2. The molecule has 0 aromatic heterocycles. The van der Waals surface area contributed by atoms with E-state index in [1.807, 2.05) is 24.3 Å². The summed E-state index contributed by atoms with van der Waals surface area (Å²) in [5, 5.41) is 2.33. The quantitative estimate of drug-likeness (QED) is 0.325. The maximum Gasteiger partial charge on any atom is 0.258 e. The van der Waals surface area contributed by atoms with Crippen molar-refractivity contribution in [3.63, 3.8) is 0 Å². The summed E-state index contributed by atoms with van der Waals surface area (Å²) in [5.41, 5.74) is 2.23. The van der Waals surface area contributed by atoms with Crippen LogP contribution in [0.25, 0.3) is 5.57 Å². The van der Waals surface area contributed by atoms with Crippen LogP contribution in [-0.2, 0) is 9.59 Å². The lowest BCUT2D eigenvalue weighted by Gasteiger charge is -2.61. The number of hydrogen-bond acceptors (Lipinski definition) is 3. The van der Waals surface area contributed by atoms with Crippen molar-refractivity contribution in [2.75, 3.05) is 0 Å². The normalized spacial score (nSPS) is 39.0. The fourth-order valence-electron chi connectivity index (χ4n) is 10.9. The van der Waals surface area contributed by atoms with Gasteiger partial charge in [0.2, 0.25) is 0 Å². The predicted octanol–water partition coefficient (Wildman–Crippen LogP) is 8.60. The Balaban J connectivity index is 1.07. The molecule has 0 bridgehead atoms. The number of rotatable bonds is 8. The van der Waals surface area contributed by atoms with E-state index in [1.165, 1.54) is 76.7 Å². The summed E-state index contributed by atoms with van der Waals surface area (Å²) < 4.78 is 6.54. The molecule has 1 aromatic carbocycles. The molecular weight excluding hydrogens is 506 g/mol. The molecule has 41 heavy (non-hydrogen) atoms. The van der Waals surface area contributed by atoms with Gasteiger partial charge in [0.1, 0.15) is 5.75 Å². The van der Waals surface area contributed by atoms with Gasteiger partial charge in [-0.25, -0.2) is 0 Å². The van der Waals surface area contributed by atoms with Gasteiger partial charge in [0.25, 0.3) is 11.8 Å². The van der Waals surface area contributed by atoms with E-state index in [1.54, 1.807) is 0 Å². The van der Waals surface area contributed by atoms with Crippen molar-refractivity contribution < 1.29 is 14.3 Å². The minimum Gasteiger partial charge on any atom is -0.490 e. The van der Waals surface area contributed by atoms with Gasteiger partial charge in [-0.15, -0.1) is 0 Å². The van der Waals surface area contributed by atoms with E-state index in [4.69, 9.17) is 4.74 Å². The smallest absolute Gasteiger partial charge is 0.258 e. The molecule has 0 saturated heterocycles. The zero-order valence-electron chi connectivity index (χ0n) is 26.2. The van der Waals surface area contributed by atoms with E-state index in [-0.39, 0.29) is 17.9 Å². The largest absolute Gasteiger partial charge is 0.490 e. The van der Waals surface area contributed by atoms with Crippen LogP contribution in [0.2, 0.25) is 0 Å². The van der Waals surface area contributed by atoms with Crippen LogP contribution >= 0.6 is 0 Å². The van der Waals surface area contributed by atoms with Crippen LogP contribution in [-0.4, -0.2) is 17.9 Å². The molecule has 0 radical (unpaired) electrons. The van der Waals surface area contributed by atoms with Crippen molar-refractivity contribution in [1.29, 1.82) is 0 Å². The fraction of sp³-hybridized carbons (Fsp3) is 0.730. The van der Waals surface area contributed by atoms with Gasteiger partial charge in [0.05, 0.1) is 11.7 Å². The first-order chi connectivity index (χ1) is 19.6. The Morgan fingerprint density at radius 3 is 2.32 bits per heavy atom. The Hall–Kier alpha value is -2.10. The van der Waals surface area contributed by atoms with Crippen LogP contribution in [0.15, 0.2) is 30.3 Å². The van der Waals surface area contributed by atoms with E-state index in [9.17, 15) is 9.59 Å². The van der Waals surface area contributed by atoms with Crippen LogP contribution in [0.3, 0.4) is 0 Å². The third-order valence-electron chi connectivity index (χ3n) is 13.0. The Labute approximate surface area is 248 Å². The van der Waals surface area contributed by atoms with Gasteiger partial charge < -0.3 is 4.74 Å². The highest BCUT2D eigenvalue weighted by Crippen LogP contribution is 2.68. The summed E-state index contributed by atoms with van der Waals surface area (Å²) in [4.78, 5) is 23.5. The minimum absolute atomic E-state index is 0.266. The number of ether oxygens (including phenoxy) is 1. The molecule has 1 aromatic rings. The van der Waals surface area contributed by atoms with Crippen molar-refractivity contribution >= 4 is 17.4 Å². The van der Waals surface area contributed by atoms with Gasteiger partial charge in [0, 0.05) is 6.08 Å². The summed E-state index contributed by atoms with van der Waals surface area (Å²) in [6.07, 6.45) is 18.1. The zero-order chi connectivity index (χ0) is 28.9. The maximum absolute atomic E-state index is 12.0. The Bertz CT molecular complexity index is 1170. The average Bonchev–Trinajstić information content (AvgIpc) is 3.47. The monoisotopic (exact) mass is 559 g/mol. The molecule has 1 aliphatic heterocycles. The van der Waals surface area contributed by atoms with Crippen molar-refractivity contribution in [3.8, 4) is 5.75 Å². The Morgan fingerprint density at radius 1 is 0.878 bits per heavy atom. The molecule has 1 N–H and O–H groups in total. The number of carbonyl (C=O) groups is 2. The second-order valence-electron chi connectivity index (χ2n) is 15.6. The van der Waals surface area contributed by atoms with Crippen molar-refractivity contribution in [3.05, 3.63) is 35.9 Å². The molecule has 6 rings (SSSR count). The SMILES string of the molecule is CC(C)CCC[C@@H](C)[C@H]1CCC2C3CCC4CC(Oc5ccc(C6=CC(=O)NC6=O)cc5)CC[C@]4(C)C3CC[C@@]21C. The molecule has 4 heteroatoms. The van der Waals surface area contributed by atoms with E-state index in [0.29, 0.717) is 16.4 Å². The predicted molar refractivity (Wildman–Crippen MR) is 165 cm³/mol. The van der Waals surface area contributed by atoms with E-state index < -0.39 is 0 Å². The molecule has 0 spiro atoms. The van der Waals surface area contributed by atoms with Crippen molar-refractivity contribution in [1.82, 2.24) is 5.32 Å². The zero-order valence-corrected chi connectivity index (χ0v) is 26.2. The molecule has 4 saturated carbocycles. The maximum atomic E-state index is 12.0. The summed E-state index contributed by atoms with van der Waals surface area (Å²) in [6, 6.07) is 7.71. The second kappa shape index (κ2) is 11.2. The van der Waals surface area contributed by atoms with Crippen LogP contribution in [0.5, 0.6) is 5.75 Å². The molecule has 5 aliphatic rings.